The molecule has 1 aromatic carbocycles. The highest BCUT2D eigenvalue weighted by atomic mass is 32.2. The Kier molecular flexibility index (Phi) is 7.27. The molecule has 0 radical (unpaired) electrons. The molecule has 2 aromatic heterocycles. The molecule has 0 saturated carbocycles. The van der Waals surface area contributed by atoms with E-state index in [9.17, 15) is 9.59 Å². The van der Waals surface area contributed by atoms with E-state index in [2.05, 4.69) is 5.32 Å². The van der Waals surface area contributed by atoms with Crippen molar-refractivity contribution < 1.29 is 19.1 Å². The lowest BCUT2D eigenvalue weighted by atomic mass is 10.2. The molecule has 33 heavy (non-hydrogen) atoms. The van der Waals surface area contributed by atoms with Gasteiger partial charge < -0.3 is 19.7 Å². The fourth-order valence-corrected chi connectivity index (χ4v) is 6.86. The molecule has 10 heteroatoms. The first-order valence-electron chi connectivity index (χ1n) is 11.1. The summed E-state index contributed by atoms with van der Waals surface area (Å²) >= 11 is 4.72. The fourth-order valence-electron chi connectivity index (χ4n) is 4.04. The second kappa shape index (κ2) is 10.5. The molecular formula is C23H25N3O4S3. The molecule has 2 aliphatic rings. The minimum absolute atomic E-state index is 0.0637. The van der Waals surface area contributed by atoms with Crippen molar-refractivity contribution in [3.8, 4) is 0 Å². The van der Waals surface area contributed by atoms with Gasteiger partial charge in [-0.25, -0.2) is 4.98 Å². The quantitative estimate of drug-likeness (QED) is 0.465. The van der Waals surface area contributed by atoms with Gasteiger partial charge in [0.2, 0.25) is 5.91 Å². The molecule has 0 bridgehead atoms. The molecule has 2 saturated heterocycles. The first-order chi connectivity index (χ1) is 16.2. The van der Waals surface area contributed by atoms with E-state index in [4.69, 9.17) is 14.5 Å². The Balaban J connectivity index is 1.20. The number of thioether (sulfide) groups is 1. The van der Waals surface area contributed by atoms with Gasteiger partial charge >= 0.3 is 0 Å². The molecule has 2 aliphatic heterocycles. The zero-order chi connectivity index (χ0) is 22.6. The highest BCUT2D eigenvalue weighted by Crippen LogP contribution is 2.32. The first kappa shape index (κ1) is 22.8. The van der Waals surface area contributed by atoms with Crippen LogP contribution < -0.4 is 5.32 Å². The van der Waals surface area contributed by atoms with Crippen molar-refractivity contribution in [2.45, 2.75) is 42.4 Å². The number of rotatable bonds is 7. The minimum Gasteiger partial charge on any atom is -0.353 e. The maximum Gasteiger partial charge on any atom is 0.264 e. The number of fused-ring (bicyclic) bond motifs is 1. The van der Waals surface area contributed by atoms with Crippen LogP contribution in [0.25, 0.3) is 10.2 Å². The summed E-state index contributed by atoms with van der Waals surface area (Å²) < 4.78 is 13.2. The highest BCUT2D eigenvalue weighted by molar-refractivity contribution is 8.01. The zero-order valence-electron chi connectivity index (χ0n) is 18.0. The Bertz CT molecular complexity index is 1110. The van der Waals surface area contributed by atoms with E-state index in [1.807, 2.05) is 35.7 Å². The number of amides is 2. The van der Waals surface area contributed by atoms with E-state index in [0.29, 0.717) is 17.8 Å². The maximum absolute atomic E-state index is 13.0. The summed E-state index contributed by atoms with van der Waals surface area (Å²) in [7, 11) is 0. The normalized spacial score (nSPS) is 19.3. The largest absolute Gasteiger partial charge is 0.353 e. The van der Waals surface area contributed by atoms with E-state index in [1.54, 1.807) is 28.0 Å². The van der Waals surface area contributed by atoms with E-state index in [-0.39, 0.29) is 18.1 Å². The summed E-state index contributed by atoms with van der Waals surface area (Å²) in [6.45, 7) is 2.15. The van der Waals surface area contributed by atoms with Crippen molar-refractivity contribution in [2.24, 2.45) is 0 Å². The van der Waals surface area contributed by atoms with Crippen molar-refractivity contribution in [1.82, 2.24) is 9.88 Å². The number of thiophene rings is 1. The molecule has 1 atom stereocenters. The van der Waals surface area contributed by atoms with Crippen molar-refractivity contribution >= 4 is 62.2 Å². The third-order valence-corrected chi connectivity index (χ3v) is 8.71. The van der Waals surface area contributed by atoms with Crippen LogP contribution in [-0.4, -0.2) is 59.5 Å². The van der Waals surface area contributed by atoms with E-state index < -0.39 is 6.04 Å². The number of aromatic nitrogens is 1. The SMILES string of the molecule is O=C(Nc1ccc2nc(SCCC3OCCCO3)sc2c1)C1CCCN1C(=O)c1cccs1. The Morgan fingerprint density at radius 2 is 2.09 bits per heavy atom. The highest BCUT2D eigenvalue weighted by Gasteiger charge is 2.35. The van der Waals surface area contributed by atoms with Gasteiger partial charge in [0.25, 0.3) is 5.91 Å². The molecular weight excluding hydrogens is 478 g/mol. The number of thiazole rings is 1. The molecule has 0 spiro atoms. The summed E-state index contributed by atoms with van der Waals surface area (Å²) in [6, 6.07) is 9.00. The number of nitrogens with zero attached hydrogens (tertiary/aromatic N) is 2. The third-order valence-electron chi connectivity index (χ3n) is 5.66. The van der Waals surface area contributed by atoms with Crippen LogP contribution in [0.3, 0.4) is 0 Å². The standard InChI is InChI=1S/C23H25N3O4S3/c27-21(17-4-1-9-26(17)22(28)18-5-2-12-31-18)24-15-6-7-16-19(14-15)33-23(25-16)32-13-8-20-29-10-3-11-30-20/h2,5-7,12,14,17,20H,1,3-4,8-11,13H2,(H,24,27). The van der Waals surface area contributed by atoms with Crippen molar-refractivity contribution in [1.29, 1.82) is 0 Å². The van der Waals surface area contributed by atoms with Crippen LogP contribution in [0.5, 0.6) is 0 Å². The van der Waals surface area contributed by atoms with Crippen LogP contribution in [-0.2, 0) is 14.3 Å². The third kappa shape index (κ3) is 5.41. The molecule has 174 valence electrons. The monoisotopic (exact) mass is 503 g/mol. The van der Waals surface area contributed by atoms with Crippen LogP contribution in [0.1, 0.15) is 35.4 Å². The van der Waals surface area contributed by atoms with Gasteiger partial charge in [-0.3, -0.25) is 9.59 Å². The molecule has 4 heterocycles. The molecule has 5 rings (SSSR count). The van der Waals surface area contributed by atoms with Gasteiger partial charge in [0.15, 0.2) is 10.6 Å². The number of likely N-dealkylation sites (tertiary alicyclic amines) is 1. The Morgan fingerprint density at radius 1 is 1.21 bits per heavy atom. The smallest absolute Gasteiger partial charge is 0.264 e. The Hall–Kier alpha value is -1.98. The second-order valence-corrected chi connectivity index (χ2v) is 11.3. The van der Waals surface area contributed by atoms with E-state index in [0.717, 1.165) is 58.5 Å². The number of carbonyl (C=O) groups is 2. The van der Waals surface area contributed by atoms with Crippen LogP contribution in [0.15, 0.2) is 40.1 Å². The number of nitrogens with one attached hydrogen (secondary N) is 1. The topological polar surface area (TPSA) is 80.8 Å². The number of hydrogen-bond donors (Lipinski definition) is 1. The molecule has 1 unspecified atom stereocenters. The molecule has 0 aliphatic carbocycles. The number of anilines is 1. The average molecular weight is 504 g/mol. The van der Waals surface area contributed by atoms with Crippen LogP contribution in [0, 0.1) is 0 Å². The number of benzene rings is 1. The lowest BCUT2D eigenvalue weighted by Crippen LogP contribution is -2.42. The minimum atomic E-state index is -0.438. The van der Waals surface area contributed by atoms with Crippen LogP contribution >= 0.6 is 34.4 Å². The van der Waals surface area contributed by atoms with Gasteiger partial charge in [-0.05, 0) is 48.9 Å². The van der Waals surface area contributed by atoms with Crippen molar-refractivity contribution in [3.05, 3.63) is 40.6 Å². The van der Waals surface area contributed by atoms with Gasteiger partial charge in [0.05, 0.1) is 28.3 Å². The van der Waals surface area contributed by atoms with Gasteiger partial charge in [-0.2, -0.15) is 0 Å². The van der Waals surface area contributed by atoms with Crippen LogP contribution in [0.2, 0.25) is 0 Å². The molecule has 7 nitrogen and oxygen atoms in total. The van der Waals surface area contributed by atoms with Gasteiger partial charge in [0.1, 0.15) is 6.04 Å². The molecule has 1 N–H and O–H groups in total. The molecule has 3 aromatic rings. The maximum atomic E-state index is 13.0. The number of ether oxygens (including phenoxy) is 2. The summed E-state index contributed by atoms with van der Waals surface area (Å²) in [4.78, 5) is 32.8. The Morgan fingerprint density at radius 3 is 2.91 bits per heavy atom. The zero-order valence-corrected chi connectivity index (χ0v) is 20.5. The lowest BCUT2D eigenvalue weighted by molar-refractivity contribution is -0.178. The number of carbonyl (C=O) groups excluding carboxylic acids is 2. The summed E-state index contributed by atoms with van der Waals surface area (Å²) in [6.07, 6.45) is 3.21. The van der Waals surface area contributed by atoms with Gasteiger partial charge in [-0.15, -0.1) is 22.7 Å². The van der Waals surface area contributed by atoms with Crippen molar-refractivity contribution in [3.63, 3.8) is 0 Å². The molecule has 2 fully saturated rings. The van der Waals surface area contributed by atoms with Gasteiger partial charge in [-0.1, -0.05) is 17.8 Å². The Labute approximate surface area is 204 Å². The second-order valence-electron chi connectivity index (χ2n) is 7.95. The first-order valence-corrected chi connectivity index (χ1v) is 13.8. The fraction of sp³-hybridized carbons (Fsp3) is 0.435. The van der Waals surface area contributed by atoms with E-state index in [1.165, 1.54) is 11.3 Å². The summed E-state index contributed by atoms with van der Waals surface area (Å²) in [5, 5.41) is 4.89. The predicted molar refractivity (Wildman–Crippen MR) is 132 cm³/mol. The van der Waals surface area contributed by atoms with Crippen molar-refractivity contribution in [2.75, 3.05) is 30.8 Å². The van der Waals surface area contributed by atoms with Gasteiger partial charge in [0, 0.05) is 24.4 Å². The summed E-state index contributed by atoms with van der Waals surface area (Å²) in [5.41, 5.74) is 1.65. The predicted octanol–water partition coefficient (Wildman–Crippen LogP) is 4.85. The molecule has 2 amide bonds. The van der Waals surface area contributed by atoms with Crippen LogP contribution in [0.4, 0.5) is 5.69 Å². The van der Waals surface area contributed by atoms with E-state index >= 15 is 0 Å². The number of hydrogen-bond acceptors (Lipinski definition) is 8. The average Bonchev–Trinajstić information content (AvgIpc) is 3.59. The summed E-state index contributed by atoms with van der Waals surface area (Å²) in [5.74, 6) is 0.679. The lowest BCUT2D eigenvalue weighted by Gasteiger charge is -2.23.